The maximum absolute atomic E-state index is 6.03. The number of ether oxygens (including phenoxy) is 3. The van der Waals surface area contributed by atoms with Crippen molar-refractivity contribution in [2.75, 3.05) is 38.8 Å². The predicted molar refractivity (Wildman–Crippen MR) is 89.2 cm³/mol. The van der Waals surface area contributed by atoms with Gasteiger partial charge in [-0.15, -0.1) is 0 Å². The largest absolute Gasteiger partial charge is 0.491 e. The zero-order chi connectivity index (χ0) is 15.6. The van der Waals surface area contributed by atoms with Crippen LogP contribution in [0.15, 0.2) is 48.5 Å². The normalized spacial score (nSPS) is 10.3. The van der Waals surface area contributed by atoms with Crippen molar-refractivity contribution in [3.8, 4) is 11.5 Å². The van der Waals surface area contributed by atoms with E-state index >= 15 is 0 Å². The minimum atomic E-state index is 0.526. The summed E-state index contributed by atoms with van der Waals surface area (Å²) in [7, 11) is 1.65. The van der Waals surface area contributed by atoms with Crippen LogP contribution in [0.5, 0.6) is 11.5 Å². The van der Waals surface area contributed by atoms with Crippen molar-refractivity contribution in [1.82, 2.24) is 0 Å². The van der Waals surface area contributed by atoms with Gasteiger partial charge in [-0.2, -0.15) is 0 Å². The molecular formula is C17H20ClNO3. The zero-order valence-corrected chi connectivity index (χ0v) is 13.3. The van der Waals surface area contributed by atoms with Crippen LogP contribution in [0.1, 0.15) is 0 Å². The third-order valence-corrected chi connectivity index (χ3v) is 3.23. The van der Waals surface area contributed by atoms with E-state index in [0.29, 0.717) is 37.1 Å². The van der Waals surface area contributed by atoms with Crippen LogP contribution in [-0.2, 0) is 4.74 Å². The summed E-state index contributed by atoms with van der Waals surface area (Å²) in [6, 6.07) is 15.2. The van der Waals surface area contributed by atoms with E-state index in [0.717, 1.165) is 11.4 Å². The van der Waals surface area contributed by atoms with Gasteiger partial charge in [0.2, 0.25) is 0 Å². The first-order chi connectivity index (χ1) is 10.8. The lowest BCUT2D eigenvalue weighted by atomic mass is 10.3. The third-order valence-electron chi connectivity index (χ3n) is 2.92. The number of rotatable bonds is 9. The van der Waals surface area contributed by atoms with Gasteiger partial charge in [-0.05, 0) is 24.3 Å². The Morgan fingerprint density at radius 3 is 2.64 bits per heavy atom. The van der Waals surface area contributed by atoms with E-state index in [1.165, 1.54) is 0 Å². The molecule has 0 spiro atoms. The molecule has 0 saturated heterocycles. The van der Waals surface area contributed by atoms with E-state index < -0.39 is 0 Å². The summed E-state index contributed by atoms with van der Waals surface area (Å²) >= 11 is 6.03. The third kappa shape index (κ3) is 5.47. The van der Waals surface area contributed by atoms with Crippen LogP contribution in [0.2, 0.25) is 5.02 Å². The van der Waals surface area contributed by atoms with Crippen LogP contribution in [0.3, 0.4) is 0 Å². The van der Waals surface area contributed by atoms with Gasteiger partial charge in [-0.25, -0.2) is 0 Å². The molecule has 22 heavy (non-hydrogen) atoms. The standard InChI is InChI=1S/C17H20ClNO3/c1-20-11-12-21-15-6-4-5-14(13-15)19-9-10-22-17-8-3-2-7-16(17)18/h2-8,13,19H,9-12H2,1H3. The molecule has 0 radical (unpaired) electrons. The van der Waals surface area contributed by atoms with Crippen molar-refractivity contribution in [3.63, 3.8) is 0 Å². The van der Waals surface area contributed by atoms with E-state index in [1.54, 1.807) is 7.11 Å². The summed E-state index contributed by atoms with van der Waals surface area (Å²) in [6.45, 7) is 2.31. The summed E-state index contributed by atoms with van der Waals surface area (Å²) in [4.78, 5) is 0. The molecule has 0 aliphatic rings. The molecule has 1 N–H and O–H groups in total. The molecule has 0 unspecified atom stereocenters. The number of hydrogen-bond donors (Lipinski definition) is 1. The molecule has 2 rings (SSSR count). The molecule has 0 heterocycles. The molecule has 0 amide bonds. The molecule has 0 atom stereocenters. The quantitative estimate of drug-likeness (QED) is 0.712. The highest BCUT2D eigenvalue weighted by molar-refractivity contribution is 6.32. The Balaban J connectivity index is 1.75. The van der Waals surface area contributed by atoms with E-state index in [1.807, 2.05) is 48.5 Å². The van der Waals surface area contributed by atoms with Gasteiger partial charge in [0.15, 0.2) is 0 Å². The highest BCUT2D eigenvalue weighted by Crippen LogP contribution is 2.23. The molecule has 0 saturated carbocycles. The molecule has 0 aromatic heterocycles. The first-order valence-corrected chi connectivity index (χ1v) is 7.50. The van der Waals surface area contributed by atoms with Gasteiger partial charge in [0.25, 0.3) is 0 Å². The molecule has 0 aliphatic heterocycles. The van der Waals surface area contributed by atoms with Gasteiger partial charge in [-0.1, -0.05) is 29.8 Å². The Labute approximate surface area is 136 Å². The van der Waals surface area contributed by atoms with Gasteiger partial charge >= 0.3 is 0 Å². The maximum Gasteiger partial charge on any atom is 0.137 e. The van der Waals surface area contributed by atoms with E-state index in [2.05, 4.69) is 5.32 Å². The topological polar surface area (TPSA) is 39.7 Å². The summed E-state index contributed by atoms with van der Waals surface area (Å²) in [5.41, 5.74) is 0.984. The SMILES string of the molecule is COCCOc1cccc(NCCOc2ccccc2Cl)c1. The predicted octanol–water partition coefficient (Wildman–Crippen LogP) is 3.86. The second-order valence-electron chi connectivity index (χ2n) is 4.57. The molecule has 5 heteroatoms. The average molecular weight is 322 g/mol. The zero-order valence-electron chi connectivity index (χ0n) is 12.5. The summed E-state index contributed by atoms with van der Waals surface area (Å²) in [5, 5.41) is 3.91. The van der Waals surface area contributed by atoms with Crippen molar-refractivity contribution in [2.24, 2.45) is 0 Å². The molecule has 2 aromatic carbocycles. The minimum absolute atomic E-state index is 0.526. The van der Waals surface area contributed by atoms with Crippen molar-refractivity contribution < 1.29 is 14.2 Å². The van der Waals surface area contributed by atoms with Crippen LogP contribution < -0.4 is 14.8 Å². The van der Waals surface area contributed by atoms with Crippen LogP contribution in [0.4, 0.5) is 5.69 Å². The average Bonchev–Trinajstić information content (AvgIpc) is 2.54. The van der Waals surface area contributed by atoms with E-state index in [4.69, 9.17) is 25.8 Å². The second-order valence-corrected chi connectivity index (χ2v) is 4.98. The van der Waals surface area contributed by atoms with Crippen molar-refractivity contribution in [3.05, 3.63) is 53.6 Å². The monoisotopic (exact) mass is 321 g/mol. The first-order valence-electron chi connectivity index (χ1n) is 7.12. The fourth-order valence-electron chi connectivity index (χ4n) is 1.86. The fourth-order valence-corrected chi connectivity index (χ4v) is 2.05. The Morgan fingerprint density at radius 1 is 0.955 bits per heavy atom. The number of halogens is 1. The number of para-hydroxylation sites is 1. The van der Waals surface area contributed by atoms with Gasteiger partial charge < -0.3 is 19.5 Å². The molecule has 0 aliphatic carbocycles. The lowest BCUT2D eigenvalue weighted by molar-refractivity contribution is 0.146. The lowest BCUT2D eigenvalue weighted by Gasteiger charge is -2.11. The van der Waals surface area contributed by atoms with Crippen LogP contribution >= 0.6 is 11.6 Å². The molecular weight excluding hydrogens is 302 g/mol. The second kappa shape index (κ2) is 9.18. The van der Waals surface area contributed by atoms with Crippen LogP contribution in [0.25, 0.3) is 0 Å². The Kier molecular flexibility index (Phi) is 6.87. The Bertz CT molecular complexity index is 577. The smallest absolute Gasteiger partial charge is 0.137 e. The maximum atomic E-state index is 6.03. The first kappa shape index (κ1) is 16.5. The van der Waals surface area contributed by atoms with Crippen LogP contribution in [-0.4, -0.2) is 33.5 Å². The van der Waals surface area contributed by atoms with E-state index in [9.17, 15) is 0 Å². The van der Waals surface area contributed by atoms with Crippen LogP contribution in [0, 0.1) is 0 Å². The van der Waals surface area contributed by atoms with E-state index in [-0.39, 0.29) is 0 Å². The molecule has 4 nitrogen and oxygen atoms in total. The number of methoxy groups -OCH3 is 1. The van der Waals surface area contributed by atoms with Gasteiger partial charge in [0, 0.05) is 25.4 Å². The molecule has 2 aromatic rings. The number of nitrogens with one attached hydrogen (secondary N) is 1. The lowest BCUT2D eigenvalue weighted by Crippen LogP contribution is -2.11. The minimum Gasteiger partial charge on any atom is -0.491 e. The highest BCUT2D eigenvalue weighted by Gasteiger charge is 2.00. The molecule has 0 fully saturated rings. The Hall–Kier alpha value is -1.91. The number of benzene rings is 2. The number of hydrogen-bond acceptors (Lipinski definition) is 4. The Morgan fingerprint density at radius 2 is 1.82 bits per heavy atom. The highest BCUT2D eigenvalue weighted by atomic mass is 35.5. The van der Waals surface area contributed by atoms with Crippen molar-refractivity contribution in [1.29, 1.82) is 0 Å². The van der Waals surface area contributed by atoms with Gasteiger partial charge in [-0.3, -0.25) is 0 Å². The molecule has 0 bridgehead atoms. The van der Waals surface area contributed by atoms with Gasteiger partial charge in [0.05, 0.1) is 11.6 Å². The van der Waals surface area contributed by atoms with Crippen molar-refractivity contribution >= 4 is 17.3 Å². The summed E-state index contributed by atoms with van der Waals surface area (Å²) < 4.78 is 16.1. The number of anilines is 1. The van der Waals surface area contributed by atoms with Crippen molar-refractivity contribution in [2.45, 2.75) is 0 Å². The summed E-state index contributed by atoms with van der Waals surface area (Å²) in [6.07, 6.45) is 0. The summed E-state index contributed by atoms with van der Waals surface area (Å²) in [5.74, 6) is 1.51. The van der Waals surface area contributed by atoms with Gasteiger partial charge in [0.1, 0.15) is 24.7 Å². The fraction of sp³-hybridized carbons (Fsp3) is 0.294. The molecule has 118 valence electrons.